The van der Waals surface area contributed by atoms with Crippen molar-refractivity contribution in [3.8, 4) is 11.3 Å². The highest BCUT2D eigenvalue weighted by molar-refractivity contribution is 7.59. The van der Waals surface area contributed by atoms with Gasteiger partial charge in [-0.2, -0.15) is 13.5 Å². The Bertz CT molecular complexity index is 1050. The van der Waals surface area contributed by atoms with Crippen LogP contribution >= 0.6 is 13.5 Å². The number of anilines is 2. The van der Waals surface area contributed by atoms with E-state index in [9.17, 15) is 9.18 Å². The molecule has 0 fully saturated rings. The Labute approximate surface area is 188 Å². The number of carbonyl (C=O) groups excluding carboxylic acids is 1. The largest absolute Gasteiger partial charge is 0.372 e. The molecule has 0 spiro atoms. The van der Waals surface area contributed by atoms with E-state index in [1.54, 1.807) is 24.0 Å². The van der Waals surface area contributed by atoms with E-state index in [0.29, 0.717) is 19.6 Å². The lowest BCUT2D eigenvalue weighted by Gasteiger charge is -2.30. The van der Waals surface area contributed by atoms with Gasteiger partial charge in [-0.25, -0.2) is 9.37 Å². The zero-order valence-corrected chi connectivity index (χ0v) is 18.9. The van der Waals surface area contributed by atoms with Crippen LogP contribution in [0.2, 0.25) is 0 Å². The number of fused-ring (bicyclic) bond motifs is 1. The van der Waals surface area contributed by atoms with E-state index in [0.717, 1.165) is 28.6 Å². The quantitative estimate of drug-likeness (QED) is 0.642. The molecular weight excluding hydrogens is 415 g/mol. The molecule has 0 saturated heterocycles. The first-order valence-corrected chi connectivity index (χ1v) is 9.97. The summed E-state index contributed by atoms with van der Waals surface area (Å²) < 4.78 is 20.7. The van der Waals surface area contributed by atoms with Crippen molar-refractivity contribution in [3.05, 3.63) is 65.7 Å². The lowest BCUT2D eigenvalue weighted by molar-refractivity contribution is -0.142. The zero-order valence-electron chi connectivity index (χ0n) is 17.9. The number of aryl methyl sites for hydroxylation is 1. The van der Waals surface area contributed by atoms with Gasteiger partial charge in [-0.15, -0.1) is 0 Å². The minimum absolute atomic E-state index is 0. The summed E-state index contributed by atoms with van der Waals surface area (Å²) in [6, 6.07) is 14.4. The molecule has 0 radical (unpaired) electrons. The minimum Gasteiger partial charge on any atom is -0.372 e. The number of aromatic nitrogens is 2. The summed E-state index contributed by atoms with van der Waals surface area (Å²) in [5, 5.41) is 3.48. The minimum atomic E-state index is -0.492. The van der Waals surface area contributed by atoms with E-state index in [2.05, 4.69) is 9.88 Å². The van der Waals surface area contributed by atoms with E-state index in [1.807, 2.05) is 31.2 Å². The van der Waals surface area contributed by atoms with Crippen molar-refractivity contribution < 1.29 is 13.9 Å². The Morgan fingerprint density at radius 2 is 1.81 bits per heavy atom. The van der Waals surface area contributed by atoms with Gasteiger partial charge in [0.25, 0.3) is 5.91 Å². The molecule has 3 aromatic rings. The summed E-state index contributed by atoms with van der Waals surface area (Å²) in [4.78, 5) is 19.2. The number of halogens is 1. The maximum absolute atomic E-state index is 13.5. The Morgan fingerprint density at radius 1 is 1.13 bits per heavy atom. The number of nitrogens with one attached hydrogen (secondary N) is 1. The highest BCUT2D eigenvalue weighted by atomic mass is 32.1. The fraction of sp³-hybridized carbons (Fsp3) is 0.304. The number of rotatable bonds is 5. The van der Waals surface area contributed by atoms with Crippen LogP contribution in [-0.4, -0.2) is 40.1 Å². The number of hydrogen-bond donors (Lipinski definition) is 1. The highest BCUT2D eigenvalue weighted by Crippen LogP contribution is 2.33. The lowest BCUT2D eigenvalue weighted by Crippen LogP contribution is -2.43. The van der Waals surface area contributed by atoms with Crippen molar-refractivity contribution in [2.75, 3.05) is 19.0 Å². The molecule has 1 atom stereocenters. The highest BCUT2D eigenvalue weighted by Gasteiger charge is 2.29. The molecule has 6 nitrogen and oxygen atoms in total. The second-order valence-electron chi connectivity index (χ2n) is 7.51. The van der Waals surface area contributed by atoms with Crippen LogP contribution in [0.1, 0.15) is 18.3 Å². The van der Waals surface area contributed by atoms with Gasteiger partial charge in [-0.05, 0) is 50.2 Å². The van der Waals surface area contributed by atoms with Crippen LogP contribution in [0.5, 0.6) is 0 Å². The number of amides is 1. The van der Waals surface area contributed by atoms with Gasteiger partial charge in [0, 0.05) is 31.5 Å². The molecule has 0 aliphatic carbocycles. The Morgan fingerprint density at radius 3 is 2.45 bits per heavy atom. The molecule has 2 heterocycles. The Hall–Kier alpha value is -2.84. The number of imidazole rings is 1. The summed E-state index contributed by atoms with van der Waals surface area (Å²) in [5.41, 5.74) is 3.67. The predicted molar refractivity (Wildman–Crippen MR) is 124 cm³/mol. The van der Waals surface area contributed by atoms with Gasteiger partial charge < -0.3 is 19.5 Å². The number of carbonyl (C=O) groups is 1. The van der Waals surface area contributed by atoms with Gasteiger partial charge in [-0.3, -0.25) is 4.79 Å². The molecule has 0 bridgehead atoms. The van der Waals surface area contributed by atoms with Gasteiger partial charge in [0.1, 0.15) is 29.3 Å². The molecule has 1 aliphatic heterocycles. The van der Waals surface area contributed by atoms with Crippen molar-refractivity contribution >= 4 is 30.9 Å². The standard InChI is InChI=1S/C23H25FN4O2.H2S/c1-15-4-10-19(11-5-15)25-22-21(17-6-8-18(24)9-7-17)26-20-14-27(12-13-28(20)22)23(29)16(2)30-3;/h4-11,16,25H,12-14H2,1-3H3;1H2/t16-;/m0./s1. The van der Waals surface area contributed by atoms with E-state index in [1.165, 1.54) is 24.8 Å². The van der Waals surface area contributed by atoms with Gasteiger partial charge in [0.2, 0.25) is 0 Å². The zero-order chi connectivity index (χ0) is 21.3. The van der Waals surface area contributed by atoms with Gasteiger partial charge in [0.15, 0.2) is 0 Å². The maximum Gasteiger partial charge on any atom is 0.251 e. The summed E-state index contributed by atoms with van der Waals surface area (Å²) in [6.45, 7) is 5.37. The average Bonchev–Trinajstić information content (AvgIpc) is 3.12. The van der Waals surface area contributed by atoms with E-state index in [-0.39, 0.29) is 25.2 Å². The van der Waals surface area contributed by atoms with Crippen molar-refractivity contribution in [2.45, 2.75) is 33.0 Å². The third-order valence-corrected chi connectivity index (χ3v) is 5.42. The molecule has 0 saturated carbocycles. The molecule has 164 valence electrons. The number of nitrogens with zero attached hydrogens (tertiary/aromatic N) is 3. The summed E-state index contributed by atoms with van der Waals surface area (Å²) in [6.07, 6.45) is -0.492. The fourth-order valence-corrected chi connectivity index (χ4v) is 3.59. The monoisotopic (exact) mass is 442 g/mol. The summed E-state index contributed by atoms with van der Waals surface area (Å²) in [5.74, 6) is 1.28. The number of methoxy groups -OCH3 is 1. The van der Waals surface area contributed by atoms with Gasteiger partial charge in [0.05, 0.1) is 6.54 Å². The third-order valence-electron chi connectivity index (χ3n) is 5.42. The van der Waals surface area contributed by atoms with Crippen molar-refractivity contribution in [3.63, 3.8) is 0 Å². The predicted octanol–water partition coefficient (Wildman–Crippen LogP) is 4.23. The molecule has 1 amide bonds. The molecule has 1 aliphatic rings. The number of ether oxygens (including phenoxy) is 1. The fourth-order valence-electron chi connectivity index (χ4n) is 3.59. The third kappa shape index (κ3) is 4.75. The second-order valence-corrected chi connectivity index (χ2v) is 7.51. The van der Waals surface area contributed by atoms with Crippen molar-refractivity contribution in [1.29, 1.82) is 0 Å². The van der Waals surface area contributed by atoms with Crippen molar-refractivity contribution in [2.24, 2.45) is 0 Å². The van der Waals surface area contributed by atoms with E-state index >= 15 is 0 Å². The molecule has 4 rings (SSSR count). The first-order valence-electron chi connectivity index (χ1n) is 9.97. The maximum atomic E-state index is 13.5. The second kappa shape index (κ2) is 9.53. The van der Waals surface area contributed by atoms with Crippen LogP contribution in [0.3, 0.4) is 0 Å². The SMILES string of the molecule is CO[C@@H](C)C(=O)N1CCn2c(nc(-c3ccc(F)cc3)c2Nc2ccc(C)cc2)C1.S. The molecule has 1 aromatic heterocycles. The first kappa shape index (κ1) is 22.8. The average molecular weight is 443 g/mol. The molecule has 1 N–H and O–H groups in total. The van der Waals surface area contributed by atoms with E-state index < -0.39 is 6.10 Å². The van der Waals surface area contributed by atoms with Crippen LogP contribution in [0.25, 0.3) is 11.3 Å². The van der Waals surface area contributed by atoms with Gasteiger partial charge >= 0.3 is 0 Å². The van der Waals surface area contributed by atoms with Crippen LogP contribution < -0.4 is 5.32 Å². The molecule has 8 heteroatoms. The normalized spacial score (nSPS) is 13.9. The van der Waals surface area contributed by atoms with Crippen molar-refractivity contribution in [1.82, 2.24) is 14.5 Å². The summed E-state index contributed by atoms with van der Waals surface area (Å²) in [7, 11) is 1.53. The molecule has 0 unspecified atom stereocenters. The lowest BCUT2D eigenvalue weighted by atomic mass is 10.1. The molecule has 2 aromatic carbocycles. The smallest absolute Gasteiger partial charge is 0.251 e. The Kier molecular flexibility index (Phi) is 7.02. The van der Waals surface area contributed by atoms with Crippen LogP contribution in [0.15, 0.2) is 48.5 Å². The van der Waals surface area contributed by atoms with Crippen LogP contribution in [0.4, 0.5) is 15.9 Å². The Balaban J connectivity index is 0.00000272. The topological polar surface area (TPSA) is 59.4 Å². The molecule has 31 heavy (non-hydrogen) atoms. The van der Waals surface area contributed by atoms with E-state index in [4.69, 9.17) is 9.72 Å². The van der Waals surface area contributed by atoms with Crippen LogP contribution in [0, 0.1) is 12.7 Å². The molecular formula is C23H27FN4O2S. The van der Waals surface area contributed by atoms with Crippen LogP contribution in [-0.2, 0) is 22.6 Å². The number of hydrogen-bond acceptors (Lipinski definition) is 4. The van der Waals surface area contributed by atoms with Gasteiger partial charge in [-0.1, -0.05) is 17.7 Å². The first-order chi connectivity index (χ1) is 14.5. The number of benzene rings is 2. The summed E-state index contributed by atoms with van der Waals surface area (Å²) >= 11 is 0.